The van der Waals surface area contributed by atoms with Crippen LogP contribution in [-0.2, 0) is 26.2 Å². The van der Waals surface area contributed by atoms with E-state index in [0.29, 0.717) is 11.3 Å². The highest BCUT2D eigenvalue weighted by Crippen LogP contribution is 2.31. The number of amides is 2. The standard InChI is InChI=1S/C32H36Cl2N4O7S/c1-4-29(32(40)35-22-8-5-6-9-22)36(19-26-27(33)10-7-11-28(26)34)31(39)20-37(23-13-15-24(45-3)16-14-23)46(43,44)25-17-12-21(2)30(18-25)38(41)42/h7,10-18,22,29H,4-6,8-9,19-20H2,1-3H3,(H,35,40)/t29-/m1/s1. The summed E-state index contributed by atoms with van der Waals surface area (Å²) in [6.07, 6.45) is 3.88. The Morgan fingerprint density at radius 2 is 1.70 bits per heavy atom. The van der Waals surface area contributed by atoms with Gasteiger partial charge >= 0.3 is 0 Å². The molecule has 0 aromatic heterocycles. The van der Waals surface area contributed by atoms with Crippen LogP contribution >= 0.6 is 23.2 Å². The van der Waals surface area contributed by atoms with E-state index in [1.807, 2.05) is 0 Å². The highest BCUT2D eigenvalue weighted by atomic mass is 35.5. The number of carbonyl (C=O) groups excluding carboxylic acids is 2. The molecule has 0 bridgehead atoms. The van der Waals surface area contributed by atoms with E-state index < -0.39 is 33.4 Å². The fourth-order valence-corrected chi connectivity index (χ4v) is 7.44. The number of carbonyl (C=O) groups is 2. The van der Waals surface area contributed by atoms with Gasteiger partial charge < -0.3 is 15.0 Å². The normalized spacial score (nSPS) is 14.0. The fraction of sp³-hybridized carbons (Fsp3) is 0.375. The molecule has 2 amide bonds. The highest BCUT2D eigenvalue weighted by molar-refractivity contribution is 7.92. The van der Waals surface area contributed by atoms with E-state index in [-0.39, 0.29) is 56.8 Å². The third kappa shape index (κ3) is 7.91. The monoisotopic (exact) mass is 690 g/mol. The Kier molecular flexibility index (Phi) is 11.5. The molecule has 0 unspecified atom stereocenters. The third-order valence-electron chi connectivity index (χ3n) is 8.08. The van der Waals surface area contributed by atoms with Gasteiger partial charge in [0.25, 0.3) is 15.7 Å². The van der Waals surface area contributed by atoms with Crippen molar-refractivity contribution >= 4 is 56.4 Å². The predicted molar refractivity (Wildman–Crippen MR) is 177 cm³/mol. The SMILES string of the molecule is CC[C@H](C(=O)NC1CCCC1)N(Cc1c(Cl)cccc1Cl)C(=O)CN(c1ccc(OC)cc1)S(=O)(=O)c1ccc(C)c([N+](=O)[O-])c1. The quantitative estimate of drug-likeness (QED) is 0.164. The van der Waals surface area contributed by atoms with Gasteiger partial charge in [-0.3, -0.25) is 24.0 Å². The minimum atomic E-state index is -4.55. The number of methoxy groups -OCH3 is 1. The molecule has 1 N–H and O–H groups in total. The number of benzene rings is 3. The molecule has 1 fully saturated rings. The van der Waals surface area contributed by atoms with Gasteiger partial charge in [-0.05, 0) is 68.7 Å². The van der Waals surface area contributed by atoms with Gasteiger partial charge in [0.15, 0.2) is 0 Å². The van der Waals surface area contributed by atoms with Crippen molar-refractivity contribution < 1.29 is 27.7 Å². The van der Waals surface area contributed by atoms with Crippen molar-refractivity contribution in [2.24, 2.45) is 0 Å². The first kappa shape index (κ1) is 35.0. The summed E-state index contributed by atoms with van der Waals surface area (Å²) in [5, 5.41) is 15.3. The molecule has 1 aliphatic carbocycles. The van der Waals surface area contributed by atoms with E-state index in [2.05, 4.69) is 5.32 Å². The van der Waals surface area contributed by atoms with Crippen LogP contribution < -0.4 is 14.4 Å². The average Bonchev–Trinajstić information content (AvgIpc) is 3.54. The Morgan fingerprint density at radius 3 is 2.26 bits per heavy atom. The maximum atomic E-state index is 14.3. The van der Waals surface area contributed by atoms with E-state index in [4.69, 9.17) is 27.9 Å². The van der Waals surface area contributed by atoms with Crippen LogP contribution in [0.1, 0.15) is 50.2 Å². The number of rotatable bonds is 13. The average molecular weight is 692 g/mol. The summed E-state index contributed by atoms with van der Waals surface area (Å²) in [6.45, 7) is 2.36. The lowest BCUT2D eigenvalue weighted by atomic mass is 10.1. The van der Waals surface area contributed by atoms with E-state index in [9.17, 15) is 28.1 Å². The summed E-state index contributed by atoms with van der Waals surface area (Å²) in [5.41, 5.74) is 0.403. The van der Waals surface area contributed by atoms with Crippen molar-refractivity contribution in [3.63, 3.8) is 0 Å². The number of hydrogen-bond acceptors (Lipinski definition) is 7. The molecule has 3 aromatic rings. The minimum absolute atomic E-state index is 0.0177. The lowest BCUT2D eigenvalue weighted by molar-refractivity contribution is -0.385. The maximum Gasteiger partial charge on any atom is 0.273 e. The molecular formula is C32H36Cl2N4O7S. The second-order valence-corrected chi connectivity index (χ2v) is 13.7. The molecule has 1 saturated carbocycles. The fourth-order valence-electron chi connectivity index (χ4n) is 5.49. The van der Waals surface area contributed by atoms with Crippen molar-refractivity contribution in [1.82, 2.24) is 10.2 Å². The second-order valence-electron chi connectivity index (χ2n) is 11.1. The molecular weight excluding hydrogens is 655 g/mol. The van der Waals surface area contributed by atoms with Gasteiger partial charge in [-0.25, -0.2) is 8.42 Å². The zero-order valence-electron chi connectivity index (χ0n) is 25.7. The number of aryl methyl sites for hydroxylation is 1. The van der Waals surface area contributed by atoms with Crippen molar-refractivity contribution in [2.45, 2.75) is 69.5 Å². The number of nitrogens with zero attached hydrogens (tertiary/aromatic N) is 3. The van der Waals surface area contributed by atoms with Gasteiger partial charge in [0.2, 0.25) is 11.8 Å². The Morgan fingerprint density at radius 1 is 1.07 bits per heavy atom. The molecule has 46 heavy (non-hydrogen) atoms. The first-order valence-electron chi connectivity index (χ1n) is 14.8. The molecule has 11 nitrogen and oxygen atoms in total. The number of nitro benzene ring substituents is 1. The number of halogens is 2. The summed E-state index contributed by atoms with van der Waals surface area (Å²) >= 11 is 13.0. The number of nitro groups is 1. The van der Waals surface area contributed by atoms with Crippen LogP contribution in [0.25, 0.3) is 0 Å². The molecule has 14 heteroatoms. The van der Waals surface area contributed by atoms with E-state index in [1.165, 1.54) is 55.3 Å². The summed E-state index contributed by atoms with van der Waals surface area (Å²) in [7, 11) is -3.09. The summed E-state index contributed by atoms with van der Waals surface area (Å²) in [6, 6.07) is 13.5. The van der Waals surface area contributed by atoms with Crippen LogP contribution in [0.5, 0.6) is 5.75 Å². The number of hydrogen-bond donors (Lipinski definition) is 1. The largest absolute Gasteiger partial charge is 0.497 e. The zero-order valence-corrected chi connectivity index (χ0v) is 28.1. The van der Waals surface area contributed by atoms with Crippen LogP contribution in [0.15, 0.2) is 65.6 Å². The van der Waals surface area contributed by atoms with Gasteiger partial charge in [0, 0.05) is 39.8 Å². The van der Waals surface area contributed by atoms with E-state index in [0.717, 1.165) is 36.1 Å². The molecule has 0 aliphatic heterocycles. The molecule has 3 aromatic carbocycles. The van der Waals surface area contributed by atoms with E-state index >= 15 is 0 Å². The number of ether oxygens (including phenoxy) is 1. The summed E-state index contributed by atoms with van der Waals surface area (Å²) in [5.74, 6) is -0.618. The Labute approximate surface area is 278 Å². The maximum absolute atomic E-state index is 14.3. The van der Waals surface area contributed by atoms with Gasteiger partial charge in [-0.1, -0.05) is 55.1 Å². The molecule has 1 atom stereocenters. The Hall–Kier alpha value is -3.87. The number of anilines is 1. The van der Waals surface area contributed by atoms with Gasteiger partial charge in [0.05, 0.1) is 22.6 Å². The van der Waals surface area contributed by atoms with Gasteiger partial charge in [-0.2, -0.15) is 0 Å². The van der Waals surface area contributed by atoms with E-state index in [1.54, 1.807) is 25.1 Å². The van der Waals surface area contributed by atoms with Crippen LogP contribution in [0.3, 0.4) is 0 Å². The van der Waals surface area contributed by atoms with Crippen molar-refractivity contribution in [3.8, 4) is 5.75 Å². The third-order valence-corrected chi connectivity index (χ3v) is 10.6. The molecule has 0 spiro atoms. The molecule has 246 valence electrons. The molecule has 0 radical (unpaired) electrons. The first-order chi connectivity index (χ1) is 21.9. The molecule has 0 saturated heterocycles. The lowest BCUT2D eigenvalue weighted by Crippen LogP contribution is -2.53. The summed E-state index contributed by atoms with van der Waals surface area (Å²) in [4.78, 5) is 39.9. The Bertz CT molecular complexity index is 1680. The number of sulfonamides is 1. The lowest BCUT2D eigenvalue weighted by Gasteiger charge is -2.34. The highest BCUT2D eigenvalue weighted by Gasteiger charge is 2.35. The van der Waals surface area contributed by atoms with Crippen LogP contribution in [-0.4, -0.2) is 55.8 Å². The topological polar surface area (TPSA) is 139 Å². The minimum Gasteiger partial charge on any atom is -0.497 e. The zero-order chi connectivity index (χ0) is 33.6. The first-order valence-corrected chi connectivity index (χ1v) is 17.0. The van der Waals surface area contributed by atoms with Crippen LogP contribution in [0.4, 0.5) is 11.4 Å². The molecule has 4 rings (SSSR count). The molecule has 1 aliphatic rings. The summed E-state index contributed by atoms with van der Waals surface area (Å²) < 4.78 is 34.5. The molecule has 0 heterocycles. The van der Waals surface area contributed by atoms with Crippen molar-refractivity contribution in [1.29, 1.82) is 0 Å². The smallest absolute Gasteiger partial charge is 0.273 e. The van der Waals surface area contributed by atoms with Crippen molar-refractivity contribution in [2.75, 3.05) is 18.0 Å². The Balaban J connectivity index is 1.79. The predicted octanol–water partition coefficient (Wildman–Crippen LogP) is 6.28. The van der Waals surface area contributed by atoms with Crippen molar-refractivity contribution in [3.05, 3.63) is 92.0 Å². The van der Waals surface area contributed by atoms with Gasteiger partial charge in [-0.15, -0.1) is 0 Å². The van der Waals surface area contributed by atoms with Crippen LogP contribution in [0, 0.1) is 17.0 Å². The van der Waals surface area contributed by atoms with Crippen LogP contribution in [0.2, 0.25) is 10.0 Å². The number of nitrogens with one attached hydrogen (secondary N) is 1. The van der Waals surface area contributed by atoms with Gasteiger partial charge in [0.1, 0.15) is 18.3 Å². The second kappa shape index (κ2) is 15.1.